The van der Waals surface area contributed by atoms with Crippen LogP contribution in [0.15, 0.2) is 4.42 Å². The Labute approximate surface area is 118 Å². The lowest BCUT2D eigenvalue weighted by Crippen LogP contribution is -2.26. The first-order valence-electron chi connectivity index (χ1n) is 7.11. The molecule has 2 aromatic rings. The summed E-state index contributed by atoms with van der Waals surface area (Å²) in [4.78, 5) is 13.9. The molecule has 106 valence electrons. The topological polar surface area (TPSA) is 63.8 Å². The molecule has 2 aromatic heterocycles. The molecule has 0 atom stereocenters. The number of hydrogen-bond acceptors (Lipinski definition) is 5. The summed E-state index contributed by atoms with van der Waals surface area (Å²) >= 11 is 0. The third kappa shape index (κ3) is 2.22. The maximum absolute atomic E-state index is 5.77. The smallest absolute Gasteiger partial charge is 0.246 e. The van der Waals surface area contributed by atoms with Gasteiger partial charge in [0.15, 0.2) is 0 Å². The maximum atomic E-state index is 5.77. The van der Waals surface area contributed by atoms with Gasteiger partial charge in [0.05, 0.1) is 11.4 Å². The van der Waals surface area contributed by atoms with Crippen molar-refractivity contribution in [2.24, 2.45) is 0 Å². The number of nitrogens with one attached hydrogen (secondary N) is 1. The summed E-state index contributed by atoms with van der Waals surface area (Å²) in [7, 11) is 0. The fourth-order valence-electron chi connectivity index (χ4n) is 2.37. The predicted octanol–water partition coefficient (Wildman–Crippen LogP) is 2.52. The molecule has 1 N–H and O–H groups in total. The number of aryl methyl sites for hydroxylation is 2. The third-order valence-corrected chi connectivity index (χ3v) is 3.70. The molecular weight excluding hydrogens is 252 g/mol. The molecule has 3 rings (SSSR count). The Morgan fingerprint density at radius 2 is 1.95 bits per heavy atom. The first-order chi connectivity index (χ1) is 9.56. The van der Waals surface area contributed by atoms with Crippen molar-refractivity contribution in [2.45, 2.75) is 46.6 Å². The second-order valence-electron chi connectivity index (χ2n) is 5.60. The molecule has 5 heteroatoms. The number of rotatable bonds is 2. The Morgan fingerprint density at radius 3 is 2.60 bits per heavy atom. The number of aromatic nitrogens is 3. The van der Waals surface area contributed by atoms with Crippen LogP contribution in [0, 0.1) is 13.8 Å². The highest BCUT2D eigenvalue weighted by Gasteiger charge is 2.22. The minimum Gasteiger partial charge on any atom is -0.440 e. The predicted molar refractivity (Wildman–Crippen MR) is 76.5 cm³/mol. The lowest BCUT2D eigenvalue weighted by molar-refractivity contribution is 0.533. The van der Waals surface area contributed by atoms with Gasteiger partial charge in [0, 0.05) is 31.0 Å². The van der Waals surface area contributed by atoms with E-state index in [9.17, 15) is 0 Å². The Hall–Kier alpha value is -1.75. The van der Waals surface area contributed by atoms with E-state index in [2.05, 4.69) is 24.1 Å². The molecule has 0 radical (unpaired) electrons. The van der Waals surface area contributed by atoms with Crippen LogP contribution in [-0.2, 0) is 13.0 Å². The van der Waals surface area contributed by atoms with Crippen LogP contribution in [0.2, 0.25) is 0 Å². The van der Waals surface area contributed by atoms with Gasteiger partial charge in [-0.15, -0.1) is 0 Å². The second kappa shape index (κ2) is 4.98. The Kier molecular flexibility index (Phi) is 3.30. The van der Waals surface area contributed by atoms with Crippen LogP contribution in [0.25, 0.3) is 11.6 Å². The maximum Gasteiger partial charge on any atom is 0.246 e. The molecule has 0 bridgehead atoms. The molecular formula is C15H20N4O. The lowest BCUT2D eigenvalue weighted by Gasteiger charge is -2.19. The van der Waals surface area contributed by atoms with Gasteiger partial charge in [-0.05, 0) is 13.8 Å². The molecule has 20 heavy (non-hydrogen) atoms. The van der Waals surface area contributed by atoms with E-state index in [1.165, 1.54) is 0 Å². The van der Waals surface area contributed by atoms with E-state index in [0.717, 1.165) is 53.7 Å². The quantitative estimate of drug-likeness (QED) is 0.910. The fourth-order valence-corrected chi connectivity index (χ4v) is 2.37. The Morgan fingerprint density at radius 1 is 1.15 bits per heavy atom. The second-order valence-corrected chi connectivity index (χ2v) is 5.60. The van der Waals surface area contributed by atoms with E-state index in [0.29, 0.717) is 11.8 Å². The molecule has 0 aromatic carbocycles. The van der Waals surface area contributed by atoms with E-state index in [1.807, 2.05) is 13.8 Å². The zero-order chi connectivity index (χ0) is 14.3. The van der Waals surface area contributed by atoms with Crippen molar-refractivity contribution >= 4 is 0 Å². The highest BCUT2D eigenvalue weighted by molar-refractivity contribution is 5.56. The summed E-state index contributed by atoms with van der Waals surface area (Å²) in [6.45, 7) is 9.85. The van der Waals surface area contributed by atoms with E-state index in [4.69, 9.17) is 14.4 Å². The van der Waals surface area contributed by atoms with Crippen LogP contribution in [-0.4, -0.2) is 21.5 Å². The van der Waals surface area contributed by atoms with E-state index < -0.39 is 0 Å². The van der Waals surface area contributed by atoms with Crippen LogP contribution in [0.3, 0.4) is 0 Å². The van der Waals surface area contributed by atoms with Crippen molar-refractivity contribution in [1.82, 2.24) is 20.3 Å². The first kappa shape index (κ1) is 13.2. The highest BCUT2D eigenvalue weighted by atomic mass is 16.4. The van der Waals surface area contributed by atoms with Crippen molar-refractivity contribution in [3.05, 3.63) is 28.5 Å². The Bertz CT molecular complexity index is 626. The van der Waals surface area contributed by atoms with Crippen LogP contribution < -0.4 is 5.32 Å². The van der Waals surface area contributed by atoms with Gasteiger partial charge in [0.2, 0.25) is 5.89 Å². The summed E-state index contributed by atoms with van der Waals surface area (Å²) in [5.74, 6) is 2.63. The zero-order valence-corrected chi connectivity index (χ0v) is 12.4. The minimum atomic E-state index is 0.297. The standard InChI is InChI=1S/C15H20N4O/c1-8(2)14-18-12-5-6-16-7-11(12)13(19-14)15-17-9(3)10(4)20-15/h8,16H,5-7H2,1-4H3. The summed E-state index contributed by atoms with van der Waals surface area (Å²) in [6, 6.07) is 0. The minimum absolute atomic E-state index is 0.297. The molecule has 0 amide bonds. The fraction of sp³-hybridized carbons (Fsp3) is 0.533. The molecule has 0 aliphatic carbocycles. The van der Waals surface area contributed by atoms with Crippen molar-refractivity contribution in [3.63, 3.8) is 0 Å². The van der Waals surface area contributed by atoms with Gasteiger partial charge in [-0.1, -0.05) is 13.8 Å². The van der Waals surface area contributed by atoms with E-state index >= 15 is 0 Å². The molecule has 0 spiro atoms. The van der Waals surface area contributed by atoms with Crippen LogP contribution in [0.4, 0.5) is 0 Å². The van der Waals surface area contributed by atoms with Crippen molar-refractivity contribution in [3.8, 4) is 11.6 Å². The lowest BCUT2D eigenvalue weighted by atomic mass is 10.0. The normalized spacial score (nSPS) is 14.7. The zero-order valence-electron chi connectivity index (χ0n) is 12.4. The van der Waals surface area contributed by atoms with E-state index in [1.54, 1.807) is 0 Å². The SMILES string of the molecule is Cc1nc(-c2nc(C(C)C)nc3c2CNCC3)oc1C. The number of oxazole rings is 1. The van der Waals surface area contributed by atoms with Gasteiger partial charge in [0.1, 0.15) is 17.3 Å². The molecule has 1 aliphatic rings. The van der Waals surface area contributed by atoms with E-state index in [-0.39, 0.29) is 0 Å². The molecule has 1 aliphatic heterocycles. The van der Waals surface area contributed by atoms with Crippen LogP contribution in [0.5, 0.6) is 0 Å². The van der Waals surface area contributed by atoms with Gasteiger partial charge >= 0.3 is 0 Å². The third-order valence-electron chi connectivity index (χ3n) is 3.70. The van der Waals surface area contributed by atoms with Gasteiger partial charge in [-0.25, -0.2) is 15.0 Å². The van der Waals surface area contributed by atoms with Crippen molar-refractivity contribution in [2.75, 3.05) is 6.54 Å². The first-order valence-corrected chi connectivity index (χ1v) is 7.11. The summed E-state index contributed by atoms with van der Waals surface area (Å²) in [5.41, 5.74) is 4.03. The number of hydrogen-bond donors (Lipinski definition) is 1. The molecule has 0 saturated heterocycles. The molecule has 5 nitrogen and oxygen atoms in total. The van der Waals surface area contributed by atoms with Crippen LogP contribution in [0.1, 0.15) is 48.3 Å². The molecule has 0 saturated carbocycles. The molecule has 0 fully saturated rings. The van der Waals surface area contributed by atoms with Crippen LogP contribution >= 0.6 is 0 Å². The van der Waals surface area contributed by atoms with Gasteiger partial charge in [-0.3, -0.25) is 0 Å². The number of nitrogens with zero attached hydrogens (tertiary/aromatic N) is 3. The average molecular weight is 272 g/mol. The van der Waals surface area contributed by atoms with Gasteiger partial charge in [-0.2, -0.15) is 0 Å². The number of fused-ring (bicyclic) bond motifs is 1. The van der Waals surface area contributed by atoms with Crippen molar-refractivity contribution in [1.29, 1.82) is 0 Å². The summed E-state index contributed by atoms with van der Waals surface area (Å²) < 4.78 is 5.77. The summed E-state index contributed by atoms with van der Waals surface area (Å²) in [5, 5.41) is 3.37. The Balaban J connectivity index is 2.19. The van der Waals surface area contributed by atoms with Gasteiger partial charge < -0.3 is 9.73 Å². The highest BCUT2D eigenvalue weighted by Crippen LogP contribution is 2.28. The van der Waals surface area contributed by atoms with Crippen molar-refractivity contribution < 1.29 is 4.42 Å². The largest absolute Gasteiger partial charge is 0.440 e. The average Bonchev–Trinajstić information content (AvgIpc) is 2.77. The monoisotopic (exact) mass is 272 g/mol. The van der Waals surface area contributed by atoms with Gasteiger partial charge in [0.25, 0.3) is 0 Å². The molecule has 3 heterocycles. The summed E-state index contributed by atoms with van der Waals surface area (Å²) in [6.07, 6.45) is 0.934. The molecule has 0 unspecified atom stereocenters.